The van der Waals surface area contributed by atoms with Gasteiger partial charge in [-0.05, 0) is 25.8 Å². The summed E-state index contributed by atoms with van der Waals surface area (Å²) in [6, 6.07) is 0. The second-order valence-electron chi connectivity index (χ2n) is 2.77. The molecule has 1 aromatic heterocycles. The monoisotopic (exact) mass is 198 g/mol. The minimum absolute atomic E-state index is 0.198. The van der Waals surface area contributed by atoms with Gasteiger partial charge in [-0.15, -0.1) is 11.3 Å². The summed E-state index contributed by atoms with van der Waals surface area (Å²) in [7, 11) is 0. The summed E-state index contributed by atoms with van der Waals surface area (Å²) in [5.74, 6) is -0.198. The number of ether oxygens (including phenoxy) is 1. The quantitative estimate of drug-likeness (QED) is 0.698. The maximum Gasteiger partial charge on any atom is 0.339 e. The van der Waals surface area contributed by atoms with Crippen LogP contribution in [0.3, 0.4) is 0 Å². The van der Waals surface area contributed by atoms with Crippen molar-refractivity contribution >= 4 is 17.3 Å². The molecule has 0 spiro atoms. The van der Waals surface area contributed by atoms with Crippen LogP contribution in [0.5, 0.6) is 0 Å². The fourth-order valence-electron chi connectivity index (χ4n) is 1.22. The maximum atomic E-state index is 11.4. The lowest BCUT2D eigenvalue weighted by Crippen LogP contribution is -2.04. The van der Waals surface area contributed by atoms with E-state index in [-0.39, 0.29) is 5.97 Å². The molecule has 0 unspecified atom stereocenters. The molecule has 0 fully saturated rings. The summed E-state index contributed by atoms with van der Waals surface area (Å²) < 4.78 is 4.93. The van der Waals surface area contributed by atoms with E-state index in [1.807, 2.05) is 19.2 Å². The summed E-state index contributed by atoms with van der Waals surface area (Å²) in [6.45, 7) is 6.32. The topological polar surface area (TPSA) is 26.3 Å². The highest BCUT2D eigenvalue weighted by atomic mass is 32.1. The minimum Gasteiger partial charge on any atom is -0.462 e. The molecule has 13 heavy (non-hydrogen) atoms. The van der Waals surface area contributed by atoms with E-state index in [0.717, 1.165) is 17.5 Å². The van der Waals surface area contributed by atoms with Gasteiger partial charge in [0.2, 0.25) is 0 Å². The van der Waals surface area contributed by atoms with Crippen molar-refractivity contribution in [3.05, 3.63) is 21.4 Å². The van der Waals surface area contributed by atoms with Gasteiger partial charge < -0.3 is 4.74 Å². The van der Waals surface area contributed by atoms with Crippen molar-refractivity contribution in [2.45, 2.75) is 27.2 Å². The maximum absolute atomic E-state index is 11.4. The van der Waals surface area contributed by atoms with Gasteiger partial charge in [0.15, 0.2) is 0 Å². The van der Waals surface area contributed by atoms with E-state index in [4.69, 9.17) is 4.74 Å². The lowest BCUT2D eigenvalue weighted by atomic mass is 10.1. The fraction of sp³-hybridized carbons (Fsp3) is 0.500. The lowest BCUT2D eigenvalue weighted by Gasteiger charge is -2.00. The van der Waals surface area contributed by atoms with Crippen LogP contribution in [-0.4, -0.2) is 12.6 Å². The predicted octanol–water partition coefficient (Wildman–Crippen LogP) is 2.80. The fourth-order valence-corrected chi connectivity index (χ4v) is 2.20. The van der Waals surface area contributed by atoms with Crippen LogP contribution in [0.4, 0.5) is 0 Å². The van der Waals surface area contributed by atoms with Crippen molar-refractivity contribution in [3.63, 3.8) is 0 Å². The summed E-state index contributed by atoms with van der Waals surface area (Å²) in [6.07, 6.45) is 0.982. The number of hydrogen-bond acceptors (Lipinski definition) is 3. The van der Waals surface area contributed by atoms with Gasteiger partial charge in [-0.25, -0.2) is 4.79 Å². The van der Waals surface area contributed by atoms with Gasteiger partial charge in [0, 0.05) is 10.3 Å². The first-order valence-electron chi connectivity index (χ1n) is 4.44. The first-order chi connectivity index (χ1) is 6.20. The third-order valence-corrected chi connectivity index (χ3v) is 3.19. The predicted molar refractivity (Wildman–Crippen MR) is 54.4 cm³/mol. The molecule has 0 amide bonds. The molecule has 0 bridgehead atoms. The normalized spacial score (nSPS) is 10.1. The van der Waals surface area contributed by atoms with Crippen LogP contribution >= 0.6 is 11.3 Å². The molecule has 0 aliphatic rings. The summed E-state index contributed by atoms with van der Waals surface area (Å²) in [5, 5.41) is 1.88. The molecule has 0 saturated heterocycles. The zero-order valence-corrected chi connectivity index (χ0v) is 9.03. The Morgan fingerprint density at radius 3 is 2.69 bits per heavy atom. The first kappa shape index (κ1) is 10.3. The number of hydrogen-bond donors (Lipinski definition) is 0. The largest absolute Gasteiger partial charge is 0.462 e. The van der Waals surface area contributed by atoms with E-state index < -0.39 is 0 Å². The van der Waals surface area contributed by atoms with E-state index in [0.29, 0.717) is 6.61 Å². The van der Waals surface area contributed by atoms with Gasteiger partial charge in [-0.3, -0.25) is 0 Å². The highest BCUT2D eigenvalue weighted by Crippen LogP contribution is 2.22. The van der Waals surface area contributed by atoms with Gasteiger partial charge in [0.1, 0.15) is 0 Å². The van der Waals surface area contributed by atoms with Crippen molar-refractivity contribution < 1.29 is 9.53 Å². The third-order valence-electron chi connectivity index (χ3n) is 1.96. The number of esters is 1. The van der Waals surface area contributed by atoms with E-state index >= 15 is 0 Å². The Balaban J connectivity index is 2.89. The van der Waals surface area contributed by atoms with E-state index in [1.165, 1.54) is 4.88 Å². The van der Waals surface area contributed by atoms with Crippen molar-refractivity contribution in [2.75, 3.05) is 6.61 Å². The van der Waals surface area contributed by atoms with Crippen LogP contribution in [0.15, 0.2) is 5.38 Å². The average Bonchev–Trinajstić information content (AvgIpc) is 2.47. The zero-order chi connectivity index (χ0) is 9.84. The van der Waals surface area contributed by atoms with Crippen LogP contribution in [0.25, 0.3) is 0 Å². The molecule has 72 valence electrons. The zero-order valence-electron chi connectivity index (χ0n) is 8.22. The molecule has 1 rings (SSSR count). The van der Waals surface area contributed by atoms with Gasteiger partial charge in [0.25, 0.3) is 0 Å². The number of aryl methyl sites for hydroxylation is 1. The van der Waals surface area contributed by atoms with Crippen molar-refractivity contribution in [1.82, 2.24) is 0 Å². The van der Waals surface area contributed by atoms with Crippen molar-refractivity contribution in [2.24, 2.45) is 0 Å². The third kappa shape index (κ3) is 2.10. The molecule has 0 atom stereocenters. The minimum atomic E-state index is -0.198. The Bertz CT molecular complexity index is 302. The Hall–Kier alpha value is -0.830. The molecule has 0 N–H and O–H groups in total. The van der Waals surface area contributed by atoms with Crippen LogP contribution in [-0.2, 0) is 11.2 Å². The highest BCUT2D eigenvalue weighted by molar-refractivity contribution is 7.10. The Morgan fingerprint density at radius 2 is 2.23 bits per heavy atom. The van der Waals surface area contributed by atoms with Crippen molar-refractivity contribution in [1.29, 1.82) is 0 Å². The number of rotatable bonds is 3. The standard InChI is InChI=1S/C10H14O2S/c1-4-9-7(3)8(6-13-9)10(11)12-5-2/h6H,4-5H2,1-3H3. The van der Waals surface area contributed by atoms with Crippen LogP contribution in [0, 0.1) is 6.92 Å². The van der Waals surface area contributed by atoms with Gasteiger partial charge in [0.05, 0.1) is 12.2 Å². The van der Waals surface area contributed by atoms with E-state index in [2.05, 4.69) is 6.92 Å². The molecule has 2 nitrogen and oxygen atoms in total. The molecule has 0 radical (unpaired) electrons. The molecule has 1 aromatic rings. The Labute approximate surface area is 82.5 Å². The smallest absolute Gasteiger partial charge is 0.339 e. The van der Waals surface area contributed by atoms with Gasteiger partial charge >= 0.3 is 5.97 Å². The van der Waals surface area contributed by atoms with Gasteiger partial charge in [-0.2, -0.15) is 0 Å². The molecule has 1 heterocycles. The lowest BCUT2D eigenvalue weighted by molar-refractivity contribution is 0.0526. The molecule has 0 aliphatic heterocycles. The molecule has 0 aromatic carbocycles. The second-order valence-corrected chi connectivity index (χ2v) is 3.74. The van der Waals surface area contributed by atoms with Crippen LogP contribution in [0.1, 0.15) is 34.6 Å². The molecule has 0 aliphatic carbocycles. The SMILES string of the molecule is CCOC(=O)c1csc(CC)c1C. The number of thiophene rings is 1. The number of carbonyl (C=O) groups excluding carboxylic acids is 1. The summed E-state index contributed by atoms with van der Waals surface area (Å²) in [5.41, 5.74) is 1.80. The summed E-state index contributed by atoms with van der Waals surface area (Å²) in [4.78, 5) is 12.6. The average molecular weight is 198 g/mol. The second kappa shape index (κ2) is 4.42. The highest BCUT2D eigenvalue weighted by Gasteiger charge is 2.13. The van der Waals surface area contributed by atoms with Crippen molar-refractivity contribution in [3.8, 4) is 0 Å². The van der Waals surface area contributed by atoms with Gasteiger partial charge in [-0.1, -0.05) is 6.92 Å². The molecule has 3 heteroatoms. The van der Waals surface area contributed by atoms with E-state index in [9.17, 15) is 4.79 Å². The Morgan fingerprint density at radius 1 is 1.54 bits per heavy atom. The molecular weight excluding hydrogens is 184 g/mol. The number of carbonyl (C=O) groups is 1. The first-order valence-corrected chi connectivity index (χ1v) is 5.32. The summed E-state index contributed by atoms with van der Waals surface area (Å²) >= 11 is 1.63. The van der Waals surface area contributed by atoms with Crippen LogP contribution < -0.4 is 0 Å². The molecular formula is C10H14O2S. The van der Waals surface area contributed by atoms with E-state index in [1.54, 1.807) is 11.3 Å². The van der Waals surface area contributed by atoms with Crippen LogP contribution in [0.2, 0.25) is 0 Å². The molecule has 0 saturated carbocycles. The Kier molecular flexibility index (Phi) is 3.48.